The highest BCUT2D eigenvalue weighted by molar-refractivity contribution is 5.74. The normalized spacial score (nSPS) is 14.7. The molecule has 0 bridgehead atoms. The van der Waals surface area contributed by atoms with Gasteiger partial charge in [0, 0.05) is 31.0 Å². The van der Waals surface area contributed by atoms with E-state index in [1.165, 1.54) is 5.56 Å². The first-order valence-corrected chi connectivity index (χ1v) is 8.48. The molecule has 25 heavy (non-hydrogen) atoms. The number of hydrogen-bond acceptors (Lipinski definition) is 4. The lowest BCUT2D eigenvalue weighted by Gasteiger charge is -2.28. The number of hydrogen-bond donors (Lipinski definition) is 1. The fourth-order valence-corrected chi connectivity index (χ4v) is 3.17. The van der Waals surface area contributed by atoms with Gasteiger partial charge < -0.3 is 9.88 Å². The van der Waals surface area contributed by atoms with Crippen LogP contribution in [-0.2, 0) is 6.54 Å². The number of nitrogens with zero attached hydrogens (tertiary/aromatic N) is 5. The molecule has 0 radical (unpaired) electrons. The van der Waals surface area contributed by atoms with Gasteiger partial charge in [0.25, 0.3) is 0 Å². The Labute approximate surface area is 145 Å². The smallest absolute Gasteiger partial charge is 0.159 e. The molecule has 0 spiro atoms. The zero-order valence-electron chi connectivity index (χ0n) is 13.7. The van der Waals surface area contributed by atoms with Crippen molar-refractivity contribution in [2.75, 3.05) is 13.1 Å². The maximum absolute atomic E-state index is 4.85. The van der Waals surface area contributed by atoms with Crippen molar-refractivity contribution in [1.82, 2.24) is 29.6 Å². The molecule has 6 nitrogen and oxygen atoms in total. The second-order valence-corrected chi connectivity index (χ2v) is 6.41. The third-order valence-corrected chi connectivity index (χ3v) is 4.69. The number of rotatable bonds is 4. The largest absolute Gasteiger partial charge is 0.326 e. The van der Waals surface area contributed by atoms with Crippen LogP contribution >= 0.6 is 0 Å². The van der Waals surface area contributed by atoms with Crippen LogP contribution in [0.15, 0.2) is 61.2 Å². The van der Waals surface area contributed by atoms with Gasteiger partial charge in [0.2, 0.25) is 0 Å². The summed E-state index contributed by atoms with van der Waals surface area (Å²) in [6.45, 7) is 2.73. The van der Waals surface area contributed by atoms with E-state index < -0.39 is 0 Å². The van der Waals surface area contributed by atoms with Gasteiger partial charge >= 0.3 is 0 Å². The standard InChI is InChI=1S/C19H18N6/c1-2-4-14(5-3-1)12-24-13-15(8-22-24)18-11-21-17-6-7-25(19(17)23-18)16-9-20-10-16/h1-8,11,13,16,20H,9-10,12H2. The van der Waals surface area contributed by atoms with E-state index in [-0.39, 0.29) is 0 Å². The van der Waals surface area contributed by atoms with Gasteiger partial charge in [-0.15, -0.1) is 0 Å². The lowest BCUT2D eigenvalue weighted by Crippen LogP contribution is -2.43. The summed E-state index contributed by atoms with van der Waals surface area (Å²) < 4.78 is 4.15. The Balaban J connectivity index is 1.46. The van der Waals surface area contributed by atoms with Crippen LogP contribution in [0.5, 0.6) is 0 Å². The summed E-state index contributed by atoms with van der Waals surface area (Å²) in [4.78, 5) is 9.42. The molecule has 0 aliphatic carbocycles. The fraction of sp³-hybridized carbons (Fsp3) is 0.211. The minimum absolute atomic E-state index is 0.475. The highest BCUT2D eigenvalue weighted by Crippen LogP contribution is 2.23. The minimum Gasteiger partial charge on any atom is -0.326 e. The summed E-state index contributed by atoms with van der Waals surface area (Å²) in [5, 5.41) is 7.78. The van der Waals surface area contributed by atoms with Crippen molar-refractivity contribution < 1.29 is 0 Å². The highest BCUT2D eigenvalue weighted by atomic mass is 15.3. The first-order chi connectivity index (χ1) is 12.4. The Kier molecular flexibility index (Phi) is 3.34. The summed E-state index contributed by atoms with van der Waals surface area (Å²) in [6, 6.07) is 12.8. The van der Waals surface area contributed by atoms with E-state index in [0.717, 1.165) is 42.1 Å². The summed E-state index contributed by atoms with van der Waals surface area (Å²) in [7, 11) is 0. The molecule has 0 atom stereocenters. The average Bonchev–Trinajstić information content (AvgIpc) is 3.22. The van der Waals surface area contributed by atoms with Crippen molar-refractivity contribution in [3.05, 3.63) is 66.7 Å². The third-order valence-electron chi connectivity index (χ3n) is 4.69. The van der Waals surface area contributed by atoms with Gasteiger partial charge in [0.15, 0.2) is 5.65 Å². The molecule has 3 aromatic heterocycles. The number of benzene rings is 1. The average molecular weight is 330 g/mol. The van der Waals surface area contributed by atoms with Crippen LogP contribution in [0.25, 0.3) is 22.4 Å². The van der Waals surface area contributed by atoms with Crippen molar-refractivity contribution in [3.8, 4) is 11.3 Å². The number of aromatic nitrogens is 5. The maximum Gasteiger partial charge on any atom is 0.159 e. The van der Waals surface area contributed by atoms with Gasteiger partial charge in [-0.2, -0.15) is 5.10 Å². The lowest BCUT2D eigenvalue weighted by atomic mass is 10.2. The molecule has 0 saturated carbocycles. The molecule has 5 rings (SSSR count). The SMILES string of the molecule is c1ccc(Cn2cc(-c3cnc4ccn(C5CNC5)c4n3)cn2)cc1. The van der Waals surface area contributed by atoms with Crippen LogP contribution in [-0.4, -0.2) is 37.4 Å². The molecule has 1 aliphatic rings. The maximum atomic E-state index is 4.85. The first-order valence-electron chi connectivity index (χ1n) is 8.48. The van der Waals surface area contributed by atoms with Crippen LogP contribution in [0.4, 0.5) is 0 Å². The van der Waals surface area contributed by atoms with Gasteiger partial charge in [-0.1, -0.05) is 30.3 Å². The van der Waals surface area contributed by atoms with Crippen molar-refractivity contribution in [2.45, 2.75) is 12.6 Å². The number of nitrogens with one attached hydrogen (secondary N) is 1. The van der Waals surface area contributed by atoms with Crippen LogP contribution in [0, 0.1) is 0 Å². The van der Waals surface area contributed by atoms with Gasteiger partial charge in [-0.05, 0) is 11.6 Å². The second kappa shape index (κ2) is 5.82. The van der Waals surface area contributed by atoms with Crippen LogP contribution in [0.3, 0.4) is 0 Å². The van der Waals surface area contributed by atoms with Crippen molar-refractivity contribution in [1.29, 1.82) is 0 Å². The molecule has 1 saturated heterocycles. The van der Waals surface area contributed by atoms with Gasteiger partial charge in [-0.3, -0.25) is 9.67 Å². The molecule has 1 N–H and O–H groups in total. The zero-order valence-corrected chi connectivity index (χ0v) is 13.7. The van der Waals surface area contributed by atoms with Gasteiger partial charge in [0.05, 0.1) is 30.7 Å². The quantitative estimate of drug-likeness (QED) is 0.624. The van der Waals surface area contributed by atoms with Crippen LogP contribution in [0.2, 0.25) is 0 Å². The second-order valence-electron chi connectivity index (χ2n) is 6.41. The van der Waals surface area contributed by atoms with E-state index in [0.29, 0.717) is 6.04 Å². The Hall–Kier alpha value is -2.99. The van der Waals surface area contributed by atoms with Crippen molar-refractivity contribution >= 4 is 11.2 Å². The molecule has 0 amide bonds. The highest BCUT2D eigenvalue weighted by Gasteiger charge is 2.21. The summed E-state index contributed by atoms with van der Waals surface area (Å²) in [5.74, 6) is 0. The fourth-order valence-electron chi connectivity index (χ4n) is 3.17. The first kappa shape index (κ1) is 14.4. The monoisotopic (exact) mass is 330 g/mol. The Morgan fingerprint density at radius 1 is 1.08 bits per heavy atom. The molecular formula is C19H18N6. The summed E-state index contributed by atoms with van der Waals surface area (Å²) >= 11 is 0. The zero-order chi connectivity index (χ0) is 16.6. The molecule has 6 heteroatoms. The summed E-state index contributed by atoms with van der Waals surface area (Å²) in [6.07, 6.45) is 7.80. The molecular weight excluding hydrogens is 312 g/mol. The third kappa shape index (κ3) is 2.60. The molecule has 1 fully saturated rings. The topological polar surface area (TPSA) is 60.6 Å². The van der Waals surface area contributed by atoms with E-state index in [4.69, 9.17) is 4.98 Å². The van der Waals surface area contributed by atoms with Crippen LogP contribution in [0.1, 0.15) is 11.6 Å². The predicted molar refractivity (Wildman–Crippen MR) is 96.2 cm³/mol. The molecule has 0 unspecified atom stereocenters. The molecule has 1 aliphatic heterocycles. The Morgan fingerprint density at radius 2 is 1.96 bits per heavy atom. The Morgan fingerprint density at radius 3 is 2.76 bits per heavy atom. The van der Waals surface area contributed by atoms with Crippen molar-refractivity contribution in [3.63, 3.8) is 0 Å². The molecule has 1 aromatic carbocycles. The molecule has 4 heterocycles. The summed E-state index contributed by atoms with van der Waals surface area (Å²) in [5.41, 5.74) is 4.96. The van der Waals surface area contributed by atoms with E-state index in [1.807, 2.05) is 47.5 Å². The van der Waals surface area contributed by atoms with Gasteiger partial charge in [0.1, 0.15) is 5.52 Å². The van der Waals surface area contributed by atoms with Crippen LogP contribution < -0.4 is 5.32 Å². The van der Waals surface area contributed by atoms with E-state index in [2.05, 4.69) is 38.3 Å². The van der Waals surface area contributed by atoms with E-state index in [9.17, 15) is 0 Å². The van der Waals surface area contributed by atoms with E-state index >= 15 is 0 Å². The molecule has 4 aromatic rings. The molecule has 124 valence electrons. The predicted octanol–water partition coefficient (Wildman–Crippen LogP) is 2.49. The van der Waals surface area contributed by atoms with Crippen molar-refractivity contribution in [2.24, 2.45) is 0 Å². The van der Waals surface area contributed by atoms with Gasteiger partial charge in [-0.25, -0.2) is 4.98 Å². The lowest BCUT2D eigenvalue weighted by molar-refractivity contribution is 0.350. The minimum atomic E-state index is 0.475. The van der Waals surface area contributed by atoms with E-state index in [1.54, 1.807) is 0 Å². The Bertz CT molecular complexity index is 1010. The number of fused-ring (bicyclic) bond motifs is 1.